The zero-order chi connectivity index (χ0) is 14.4. The summed E-state index contributed by atoms with van der Waals surface area (Å²) in [6.07, 6.45) is 3.99. The minimum absolute atomic E-state index is 0.0635. The van der Waals surface area contributed by atoms with Gasteiger partial charge in [0.25, 0.3) is 5.56 Å². The molecule has 0 aliphatic heterocycles. The molecule has 0 saturated heterocycles. The van der Waals surface area contributed by atoms with Crippen molar-refractivity contribution in [3.63, 3.8) is 0 Å². The van der Waals surface area contributed by atoms with Crippen LogP contribution in [0.3, 0.4) is 0 Å². The minimum atomic E-state index is 0.0635. The van der Waals surface area contributed by atoms with Crippen LogP contribution in [0.4, 0.5) is 0 Å². The van der Waals surface area contributed by atoms with Crippen LogP contribution >= 0.6 is 0 Å². The summed E-state index contributed by atoms with van der Waals surface area (Å²) < 4.78 is 1.59. The van der Waals surface area contributed by atoms with Crippen LogP contribution in [0.1, 0.15) is 29.7 Å². The van der Waals surface area contributed by atoms with Gasteiger partial charge in [0.2, 0.25) is 0 Å². The van der Waals surface area contributed by atoms with Crippen molar-refractivity contribution in [1.29, 1.82) is 0 Å². The molecule has 0 saturated carbocycles. The summed E-state index contributed by atoms with van der Waals surface area (Å²) in [7, 11) is 0. The van der Waals surface area contributed by atoms with Crippen molar-refractivity contribution in [3.8, 4) is 11.3 Å². The Morgan fingerprint density at radius 1 is 1.19 bits per heavy atom. The number of fused-ring (bicyclic) bond motifs is 2. The zero-order valence-corrected chi connectivity index (χ0v) is 12.0. The highest BCUT2D eigenvalue weighted by Gasteiger charge is 2.17. The Kier molecular flexibility index (Phi) is 2.70. The summed E-state index contributed by atoms with van der Waals surface area (Å²) in [5.74, 6) is 0. The van der Waals surface area contributed by atoms with Crippen LogP contribution in [-0.4, -0.2) is 14.6 Å². The van der Waals surface area contributed by atoms with E-state index in [2.05, 4.69) is 29.1 Å². The van der Waals surface area contributed by atoms with Gasteiger partial charge < -0.3 is 0 Å². The van der Waals surface area contributed by atoms with E-state index in [1.165, 1.54) is 5.56 Å². The number of nitrogens with zero attached hydrogens (tertiary/aromatic N) is 2. The molecule has 0 radical (unpaired) electrons. The van der Waals surface area contributed by atoms with Crippen molar-refractivity contribution in [3.05, 3.63) is 57.5 Å². The fourth-order valence-corrected chi connectivity index (χ4v) is 3.12. The average Bonchev–Trinajstić information content (AvgIpc) is 2.92. The van der Waals surface area contributed by atoms with Gasteiger partial charge in [-0.1, -0.05) is 23.8 Å². The number of H-pyrrole nitrogens is 1. The minimum Gasteiger partial charge on any atom is -0.289 e. The molecule has 106 valence electrons. The molecule has 0 bridgehead atoms. The predicted molar refractivity (Wildman–Crippen MR) is 82.6 cm³/mol. The number of hydrogen-bond acceptors (Lipinski definition) is 2. The first-order chi connectivity index (χ1) is 10.2. The third-order valence-electron chi connectivity index (χ3n) is 4.21. The van der Waals surface area contributed by atoms with Crippen LogP contribution in [-0.2, 0) is 12.8 Å². The number of aryl methyl sites for hydroxylation is 2. The third-order valence-corrected chi connectivity index (χ3v) is 4.21. The van der Waals surface area contributed by atoms with E-state index in [0.717, 1.165) is 53.8 Å². The highest BCUT2D eigenvalue weighted by Crippen LogP contribution is 2.21. The van der Waals surface area contributed by atoms with Crippen LogP contribution < -0.4 is 5.56 Å². The fraction of sp³-hybridized carbons (Fsp3) is 0.294. The number of nitrogens with one attached hydrogen (secondary N) is 1. The monoisotopic (exact) mass is 279 g/mol. The van der Waals surface area contributed by atoms with E-state index >= 15 is 0 Å². The lowest BCUT2D eigenvalue weighted by atomic mass is 9.97. The molecule has 4 nitrogen and oxygen atoms in total. The van der Waals surface area contributed by atoms with Crippen LogP contribution in [0.2, 0.25) is 0 Å². The summed E-state index contributed by atoms with van der Waals surface area (Å²) in [6.45, 7) is 2.06. The molecular weight excluding hydrogens is 262 g/mol. The second-order valence-corrected chi connectivity index (χ2v) is 5.78. The van der Waals surface area contributed by atoms with Crippen molar-refractivity contribution in [2.75, 3.05) is 0 Å². The van der Waals surface area contributed by atoms with Crippen molar-refractivity contribution >= 4 is 5.65 Å². The van der Waals surface area contributed by atoms with E-state index < -0.39 is 0 Å². The van der Waals surface area contributed by atoms with Gasteiger partial charge in [-0.05, 0) is 44.2 Å². The average molecular weight is 279 g/mol. The van der Waals surface area contributed by atoms with Crippen molar-refractivity contribution < 1.29 is 0 Å². The van der Waals surface area contributed by atoms with Crippen molar-refractivity contribution in [2.24, 2.45) is 0 Å². The molecule has 0 spiro atoms. The van der Waals surface area contributed by atoms with Crippen LogP contribution in [0, 0.1) is 6.92 Å². The Hall–Kier alpha value is -2.36. The summed E-state index contributed by atoms with van der Waals surface area (Å²) >= 11 is 0. The first-order valence-electron chi connectivity index (χ1n) is 7.43. The van der Waals surface area contributed by atoms with Gasteiger partial charge in [-0.3, -0.25) is 9.89 Å². The SMILES string of the molecule is Cc1cccc(-c2cc3nc4c(c(=O)n3[nH]2)CCCC4)c1. The van der Waals surface area contributed by atoms with Crippen LogP contribution in [0.15, 0.2) is 35.1 Å². The van der Waals surface area contributed by atoms with Gasteiger partial charge in [-0.2, -0.15) is 0 Å². The Bertz CT molecular complexity index is 889. The number of aromatic amines is 1. The van der Waals surface area contributed by atoms with Gasteiger partial charge in [0.1, 0.15) is 0 Å². The largest absolute Gasteiger partial charge is 0.289 e. The normalized spacial score (nSPS) is 14.3. The molecule has 0 atom stereocenters. The van der Waals surface area contributed by atoms with E-state index in [4.69, 9.17) is 0 Å². The lowest BCUT2D eigenvalue weighted by molar-refractivity contribution is 0.651. The number of hydrogen-bond donors (Lipinski definition) is 1. The van der Waals surface area contributed by atoms with Gasteiger partial charge in [-0.25, -0.2) is 9.50 Å². The van der Waals surface area contributed by atoms with Crippen LogP contribution in [0.5, 0.6) is 0 Å². The van der Waals surface area contributed by atoms with E-state index in [1.54, 1.807) is 4.52 Å². The summed E-state index contributed by atoms with van der Waals surface area (Å²) in [5.41, 5.74) is 5.87. The predicted octanol–water partition coefficient (Wildman–Crippen LogP) is 2.88. The molecule has 0 amide bonds. The molecule has 3 aromatic rings. The molecule has 21 heavy (non-hydrogen) atoms. The van der Waals surface area contributed by atoms with E-state index in [9.17, 15) is 4.79 Å². The molecule has 1 aromatic carbocycles. The molecule has 4 rings (SSSR count). The summed E-state index contributed by atoms with van der Waals surface area (Å²) in [4.78, 5) is 17.3. The lowest BCUT2D eigenvalue weighted by Crippen LogP contribution is -2.24. The van der Waals surface area contributed by atoms with E-state index in [1.807, 2.05) is 18.2 Å². The highest BCUT2D eigenvalue weighted by molar-refractivity contribution is 5.64. The molecular formula is C17H17N3O. The third kappa shape index (κ3) is 1.98. The Morgan fingerprint density at radius 3 is 2.90 bits per heavy atom. The van der Waals surface area contributed by atoms with E-state index in [-0.39, 0.29) is 5.56 Å². The second kappa shape index (κ2) is 4.58. The molecule has 0 fully saturated rings. The molecule has 1 N–H and O–H groups in total. The topological polar surface area (TPSA) is 50.2 Å². The van der Waals surface area contributed by atoms with Crippen molar-refractivity contribution in [1.82, 2.24) is 14.6 Å². The maximum Gasteiger partial charge on any atom is 0.276 e. The summed E-state index contributed by atoms with van der Waals surface area (Å²) in [5, 5.41) is 3.20. The van der Waals surface area contributed by atoms with Crippen LogP contribution in [0.25, 0.3) is 16.9 Å². The quantitative estimate of drug-likeness (QED) is 0.744. The van der Waals surface area contributed by atoms with Gasteiger partial charge in [0.05, 0.1) is 11.4 Å². The lowest BCUT2D eigenvalue weighted by Gasteiger charge is -2.13. The van der Waals surface area contributed by atoms with E-state index in [0.29, 0.717) is 0 Å². The first kappa shape index (κ1) is 12.4. The Morgan fingerprint density at radius 2 is 2.05 bits per heavy atom. The van der Waals surface area contributed by atoms with Gasteiger partial charge in [-0.15, -0.1) is 0 Å². The standard InChI is InChI=1S/C17H17N3O/c1-11-5-4-6-12(9-11)15-10-16-18-14-8-3-2-7-13(14)17(21)20(16)19-15/h4-6,9-10,19H,2-3,7-8H2,1H3. The van der Waals surface area contributed by atoms with Gasteiger partial charge in [0.15, 0.2) is 5.65 Å². The molecule has 4 heteroatoms. The maximum atomic E-state index is 12.6. The maximum absolute atomic E-state index is 12.6. The first-order valence-corrected chi connectivity index (χ1v) is 7.43. The number of rotatable bonds is 1. The number of benzene rings is 1. The number of aromatic nitrogens is 3. The fourth-order valence-electron chi connectivity index (χ4n) is 3.12. The molecule has 1 aliphatic carbocycles. The molecule has 1 aliphatic rings. The smallest absolute Gasteiger partial charge is 0.276 e. The van der Waals surface area contributed by atoms with Gasteiger partial charge in [0, 0.05) is 11.6 Å². The van der Waals surface area contributed by atoms with Gasteiger partial charge >= 0.3 is 0 Å². The molecule has 2 heterocycles. The van der Waals surface area contributed by atoms with Crippen molar-refractivity contribution in [2.45, 2.75) is 32.6 Å². The molecule has 0 unspecified atom stereocenters. The molecule has 2 aromatic heterocycles. The highest BCUT2D eigenvalue weighted by atomic mass is 16.1. The Balaban J connectivity index is 1.94. The Labute approximate surface area is 122 Å². The zero-order valence-electron chi connectivity index (χ0n) is 12.0. The second-order valence-electron chi connectivity index (χ2n) is 5.78. The summed E-state index contributed by atoms with van der Waals surface area (Å²) in [6, 6.07) is 10.2.